The van der Waals surface area contributed by atoms with Gasteiger partial charge in [0.1, 0.15) is 0 Å². The Morgan fingerprint density at radius 3 is 2.38 bits per heavy atom. The van der Waals surface area contributed by atoms with Gasteiger partial charge in [0.05, 0.1) is 12.6 Å². The fraction of sp³-hybridized carbons (Fsp3) is 0.500. The number of benzene rings is 1. The highest BCUT2D eigenvalue weighted by Crippen LogP contribution is 2.17. The van der Waals surface area contributed by atoms with Crippen LogP contribution in [0.15, 0.2) is 18.2 Å². The van der Waals surface area contributed by atoms with Crippen LogP contribution >= 0.6 is 0 Å². The van der Waals surface area contributed by atoms with E-state index in [9.17, 15) is 9.59 Å². The lowest BCUT2D eigenvalue weighted by Gasteiger charge is -2.25. The summed E-state index contributed by atoms with van der Waals surface area (Å²) < 4.78 is 0. The van der Waals surface area contributed by atoms with E-state index in [2.05, 4.69) is 5.32 Å². The Hall–Kier alpha value is -1.88. The van der Waals surface area contributed by atoms with Gasteiger partial charge in [0, 0.05) is 19.8 Å². The molecule has 0 radical (unpaired) electrons. The van der Waals surface area contributed by atoms with Gasteiger partial charge in [0.25, 0.3) is 0 Å². The van der Waals surface area contributed by atoms with Gasteiger partial charge in [0.15, 0.2) is 0 Å². The van der Waals surface area contributed by atoms with Crippen molar-refractivity contribution in [3.8, 4) is 0 Å². The van der Waals surface area contributed by atoms with Crippen LogP contribution in [0.5, 0.6) is 0 Å². The molecule has 0 bridgehead atoms. The first-order chi connectivity index (χ1) is 9.73. The summed E-state index contributed by atoms with van der Waals surface area (Å²) in [6.07, 6.45) is 0. The number of amides is 2. The maximum Gasteiger partial charge on any atom is 0.239 e. The standard InChI is InChI=1S/C16H25N3O2/c1-11-8-7-9-14(12(11)2)17-15(20)10-19(6)13(3)16(21)18(4)5/h7-9,13H,10H2,1-6H3,(H,17,20). The summed E-state index contributed by atoms with van der Waals surface area (Å²) in [5.74, 6) is -0.137. The second-order valence-electron chi connectivity index (χ2n) is 5.62. The fourth-order valence-electron chi connectivity index (χ4n) is 2.00. The van der Waals surface area contributed by atoms with Crippen LogP contribution in [0.1, 0.15) is 18.1 Å². The van der Waals surface area contributed by atoms with Crippen molar-refractivity contribution in [1.82, 2.24) is 9.80 Å². The van der Waals surface area contributed by atoms with Crippen LogP contribution < -0.4 is 5.32 Å². The van der Waals surface area contributed by atoms with E-state index in [1.54, 1.807) is 33.0 Å². The van der Waals surface area contributed by atoms with Crippen LogP contribution in [0.3, 0.4) is 0 Å². The van der Waals surface area contributed by atoms with Gasteiger partial charge in [-0.25, -0.2) is 0 Å². The molecule has 5 heteroatoms. The first-order valence-electron chi connectivity index (χ1n) is 7.01. The molecule has 0 fully saturated rings. The van der Waals surface area contributed by atoms with Crippen molar-refractivity contribution in [2.24, 2.45) is 0 Å². The summed E-state index contributed by atoms with van der Waals surface area (Å²) >= 11 is 0. The first-order valence-corrected chi connectivity index (χ1v) is 7.01. The highest BCUT2D eigenvalue weighted by molar-refractivity contribution is 5.93. The molecule has 1 aromatic carbocycles. The van der Waals surface area contributed by atoms with Gasteiger partial charge in [-0.05, 0) is 45.0 Å². The zero-order chi connectivity index (χ0) is 16.2. The third-order valence-electron chi connectivity index (χ3n) is 3.73. The minimum Gasteiger partial charge on any atom is -0.347 e. The van der Waals surface area contributed by atoms with E-state index >= 15 is 0 Å². The number of hydrogen-bond acceptors (Lipinski definition) is 3. The molecule has 1 aromatic rings. The number of carbonyl (C=O) groups is 2. The molecule has 0 spiro atoms. The Bertz CT molecular complexity index is 526. The molecule has 116 valence electrons. The van der Waals surface area contributed by atoms with Crippen LogP contribution in [-0.2, 0) is 9.59 Å². The van der Waals surface area contributed by atoms with Crippen molar-refractivity contribution >= 4 is 17.5 Å². The number of nitrogens with zero attached hydrogens (tertiary/aromatic N) is 2. The van der Waals surface area contributed by atoms with Crippen LogP contribution in [0, 0.1) is 13.8 Å². The minimum absolute atomic E-state index is 0.0166. The Balaban J connectivity index is 2.65. The lowest BCUT2D eigenvalue weighted by Crippen LogP contribution is -2.45. The largest absolute Gasteiger partial charge is 0.347 e. The maximum absolute atomic E-state index is 12.1. The SMILES string of the molecule is Cc1cccc(NC(=O)CN(C)C(C)C(=O)N(C)C)c1C. The van der Waals surface area contributed by atoms with Gasteiger partial charge in [0.2, 0.25) is 11.8 Å². The van der Waals surface area contributed by atoms with Crippen molar-refractivity contribution in [2.45, 2.75) is 26.8 Å². The van der Waals surface area contributed by atoms with E-state index in [0.717, 1.165) is 16.8 Å². The monoisotopic (exact) mass is 291 g/mol. The third-order valence-corrected chi connectivity index (χ3v) is 3.73. The number of likely N-dealkylation sites (N-methyl/N-ethyl adjacent to an activating group) is 2. The Morgan fingerprint density at radius 1 is 1.19 bits per heavy atom. The second-order valence-corrected chi connectivity index (χ2v) is 5.62. The summed E-state index contributed by atoms with van der Waals surface area (Å²) in [5.41, 5.74) is 3.02. The smallest absolute Gasteiger partial charge is 0.239 e. The molecule has 0 aliphatic carbocycles. The molecule has 1 N–H and O–H groups in total. The molecular formula is C16H25N3O2. The molecular weight excluding hydrogens is 266 g/mol. The molecule has 1 rings (SSSR count). The second kappa shape index (κ2) is 7.22. The molecule has 1 atom stereocenters. The average Bonchev–Trinajstić information content (AvgIpc) is 2.41. The Labute approximate surface area is 126 Å². The normalized spacial score (nSPS) is 12.1. The minimum atomic E-state index is -0.329. The number of rotatable bonds is 5. The first kappa shape index (κ1) is 17.2. The van der Waals surface area contributed by atoms with Gasteiger partial charge in [-0.1, -0.05) is 12.1 Å². The number of aryl methyl sites for hydroxylation is 1. The summed E-state index contributed by atoms with van der Waals surface area (Å²) in [5, 5.41) is 2.90. The van der Waals surface area contributed by atoms with Crippen molar-refractivity contribution in [3.05, 3.63) is 29.3 Å². The van der Waals surface area contributed by atoms with E-state index in [0.29, 0.717) is 0 Å². The maximum atomic E-state index is 12.1. The third kappa shape index (κ3) is 4.56. The van der Waals surface area contributed by atoms with Crippen molar-refractivity contribution in [1.29, 1.82) is 0 Å². The summed E-state index contributed by atoms with van der Waals surface area (Å²) in [4.78, 5) is 27.3. The van der Waals surface area contributed by atoms with E-state index in [4.69, 9.17) is 0 Å². The summed E-state index contributed by atoms with van der Waals surface area (Å²) in [6, 6.07) is 5.48. The van der Waals surface area contributed by atoms with Gasteiger partial charge in [-0.15, -0.1) is 0 Å². The fourth-order valence-corrected chi connectivity index (χ4v) is 2.00. The van der Waals surface area contributed by atoms with E-state index in [1.807, 2.05) is 32.0 Å². The molecule has 0 heterocycles. The molecule has 0 saturated heterocycles. The Kier molecular flexibility index (Phi) is 5.90. The predicted octanol–water partition coefficient (Wildman–Crippen LogP) is 1.65. The van der Waals surface area contributed by atoms with Gasteiger partial charge in [-0.3, -0.25) is 14.5 Å². The molecule has 0 saturated carbocycles. The van der Waals surface area contributed by atoms with Gasteiger partial charge >= 0.3 is 0 Å². The van der Waals surface area contributed by atoms with Crippen LogP contribution in [-0.4, -0.2) is 55.3 Å². The number of nitrogens with one attached hydrogen (secondary N) is 1. The van der Waals surface area contributed by atoms with Crippen molar-refractivity contribution in [3.63, 3.8) is 0 Å². The van der Waals surface area contributed by atoms with Gasteiger partial charge < -0.3 is 10.2 Å². The van der Waals surface area contributed by atoms with Gasteiger partial charge in [-0.2, -0.15) is 0 Å². The molecule has 2 amide bonds. The Morgan fingerprint density at radius 2 is 1.81 bits per heavy atom. The van der Waals surface area contributed by atoms with E-state index < -0.39 is 0 Å². The number of anilines is 1. The zero-order valence-electron chi connectivity index (χ0n) is 13.7. The molecule has 0 aromatic heterocycles. The van der Waals surface area contributed by atoms with Crippen LogP contribution in [0.4, 0.5) is 5.69 Å². The van der Waals surface area contributed by atoms with E-state index in [1.165, 1.54) is 4.90 Å². The predicted molar refractivity (Wildman–Crippen MR) is 85.3 cm³/mol. The average molecular weight is 291 g/mol. The number of hydrogen-bond donors (Lipinski definition) is 1. The highest BCUT2D eigenvalue weighted by atomic mass is 16.2. The topological polar surface area (TPSA) is 52.7 Å². The molecule has 1 unspecified atom stereocenters. The highest BCUT2D eigenvalue weighted by Gasteiger charge is 2.21. The quantitative estimate of drug-likeness (QED) is 0.897. The molecule has 5 nitrogen and oxygen atoms in total. The van der Waals surface area contributed by atoms with Crippen LogP contribution in [0.2, 0.25) is 0 Å². The van der Waals surface area contributed by atoms with Crippen molar-refractivity contribution < 1.29 is 9.59 Å². The number of carbonyl (C=O) groups excluding carboxylic acids is 2. The summed E-state index contributed by atoms with van der Waals surface area (Å²) in [6.45, 7) is 5.96. The zero-order valence-corrected chi connectivity index (χ0v) is 13.7. The summed E-state index contributed by atoms with van der Waals surface area (Å²) in [7, 11) is 5.19. The van der Waals surface area contributed by atoms with Crippen molar-refractivity contribution in [2.75, 3.05) is 33.0 Å². The molecule has 0 aliphatic rings. The lowest BCUT2D eigenvalue weighted by molar-refractivity contribution is -0.133. The van der Waals surface area contributed by atoms with E-state index in [-0.39, 0.29) is 24.4 Å². The molecule has 0 aliphatic heterocycles. The lowest BCUT2D eigenvalue weighted by atomic mass is 10.1. The van der Waals surface area contributed by atoms with Crippen LogP contribution in [0.25, 0.3) is 0 Å². The molecule has 21 heavy (non-hydrogen) atoms.